The Kier molecular flexibility index (Phi) is 6.91. The van der Waals surface area contributed by atoms with E-state index in [0.717, 1.165) is 6.29 Å². The predicted octanol–water partition coefficient (Wildman–Crippen LogP) is 2.27. The van der Waals surface area contributed by atoms with Gasteiger partial charge in [0.15, 0.2) is 0 Å². The molecule has 2 rings (SSSR count). The number of esters is 2. The van der Waals surface area contributed by atoms with Gasteiger partial charge in [0.05, 0.1) is 12.5 Å². The summed E-state index contributed by atoms with van der Waals surface area (Å²) in [7, 11) is 0. The Morgan fingerprint density at radius 2 is 2.23 bits per heavy atom. The van der Waals surface area contributed by atoms with Crippen LogP contribution in [-0.4, -0.2) is 42.1 Å². The van der Waals surface area contributed by atoms with Crippen LogP contribution in [0.15, 0.2) is 35.5 Å². The zero-order chi connectivity index (χ0) is 19.3. The Hall–Kier alpha value is -2.21. The van der Waals surface area contributed by atoms with Gasteiger partial charge in [-0.25, -0.2) is 4.79 Å². The fraction of sp³-hybridized carbons (Fsp3) is 0.550. The summed E-state index contributed by atoms with van der Waals surface area (Å²) in [6.45, 7) is 7.45. The molecular weight excluding hydrogens is 336 g/mol. The molecule has 6 nitrogen and oxygen atoms in total. The minimum Gasteiger partial charge on any atom is -0.461 e. The van der Waals surface area contributed by atoms with Crippen LogP contribution < -0.4 is 0 Å². The largest absolute Gasteiger partial charge is 0.461 e. The van der Waals surface area contributed by atoms with Gasteiger partial charge >= 0.3 is 11.9 Å². The maximum atomic E-state index is 12.2. The summed E-state index contributed by atoms with van der Waals surface area (Å²) in [5.41, 5.74) is 1.42. The monoisotopic (exact) mass is 362 g/mol. The first kappa shape index (κ1) is 20.1. The molecule has 1 saturated heterocycles. The molecule has 2 aliphatic rings. The molecule has 1 aliphatic heterocycles. The van der Waals surface area contributed by atoms with E-state index in [0.29, 0.717) is 24.0 Å². The second-order valence-corrected chi connectivity index (χ2v) is 7.17. The molecule has 0 aromatic heterocycles. The maximum Gasteiger partial charge on any atom is 0.334 e. The molecule has 26 heavy (non-hydrogen) atoms. The number of ether oxygens (including phenoxy) is 2. The molecule has 1 N–H and O–H groups in total. The number of hydrogen-bond donors (Lipinski definition) is 1. The lowest BCUT2D eigenvalue weighted by Gasteiger charge is -2.27. The highest BCUT2D eigenvalue weighted by Gasteiger charge is 2.44. The number of aliphatic hydroxyl groups excluding tert-OH is 1. The minimum absolute atomic E-state index is 0.129. The Balaban J connectivity index is 2.38. The molecular formula is C20H26O6. The molecule has 1 fully saturated rings. The lowest BCUT2D eigenvalue weighted by Crippen LogP contribution is -2.34. The maximum absolute atomic E-state index is 12.2. The Bertz CT molecular complexity index is 643. The van der Waals surface area contributed by atoms with Crippen molar-refractivity contribution in [3.8, 4) is 0 Å². The van der Waals surface area contributed by atoms with Crippen LogP contribution in [0.2, 0.25) is 0 Å². The first-order valence-electron chi connectivity index (χ1n) is 8.89. The van der Waals surface area contributed by atoms with Gasteiger partial charge in [0.2, 0.25) is 0 Å². The first-order chi connectivity index (χ1) is 12.3. The van der Waals surface area contributed by atoms with Crippen LogP contribution in [0.5, 0.6) is 0 Å². The van der Waals surface area contributed by atoms with E-state index in [2.05, 4.69) is 6.58 Å². The van der Waals surface area contributed by atoms with Crippen LogP contribution in [0, 0.1) is 11.8 Å². The van der Waals surface area contributed by atoms with Gasteiger partial charge in [-0.05, 0) is 36.0 Å². The second kappa shape index (κ2) is 8.94. The van der Waals surface area contributed by atoms with Crippen molar-refractivity contribution in [2.24, 2.45) is 11.8 Å². The van der Waals surface area contributed by atoms with Crippen molar-refractivity contribution in [3.05, 3.63) is 35.5 Å². The van der Waals surface area contributed by atoms with Crippen LogP contribution in [0.4, 0.5) is 0 Å². The number of rotatable bonds is 5. The summed E-state index contributed by atoms with van der Waals surface area (Å²) in [6, 6.07) is 0. The average molecular weight is 362 g/mol. The van der Waals surface area contributed by atoms with Crippen molar-refractivity contribution in [1.82, 2.24) is 0 Å². The lowest BCUT2D eigenvalue weighted by molar-refractivity contribution is -0.153. The van der Waals surface area contributed by atoms with E-state index in [4.69, 9.17) is 9.47 Å². The molecule has 3 atom stereocenters. The zero-order valence-corrected chi connectivity index (χ0v) is 15.3. The summed E-state index contributed by atoms with van der Waals surface area (Å²) in [4.78, 5) is 35.7. The molecule has 0 radical (unpaired) electrons. The summed E-state index contributed by atoms with van der Waals surface area (Å²) < 4.78 is 11.0. The number of fused-ring (bicyclic) bond motifs is 1. The van der Waals surface area contributed by atoms with Crippen molar-refractivity contribution >= 4 is 18.2 Å². The van der Waals surface area contributed by atoms with Crippen molar-refractivity contribution < 1.29 is 29.0 Å². The predicted molar refractivity (Wildman–Crippen MR) is 95.0 cm³/mol. The number of carbonyl (C=O) groups excluding carboxylic acids is 3. The van der Waals surface area contributed by atoms with Crippen molar-refractivity contribution in [2.45, 2.75) is 51.7 Å². The molecule has 0 aromatic carbocycles. The van der Waals surface area contributed by atoms with Crippen LogP contribution >= 0.6 is 0 Å². The number of aldehydes is 1. The van der Waals surface area contributed by atoms with Crippen LogP contribution in [0.25, 0.3) is 0 Å². The van der Waals surface area contributed by atoms with E-state index in [9.17, 15) is 19.5 Å². The van der Waals surface area contributed by atoms with Crippen molar-refractivity contribution in [2.75, 3.05) is 6.61 Å². The Labute approximate surface area is 153 Å². The molecule has 142 valence electrons. The molecule has 1 heterocycles. The number of hydrogen-bond acceptors (Lipinski definition) is 6. The third-order valence-corrected chi connectivity index (χ3v) is 4.58. The first-order valence-corrected chi connectivity index (χ1v) is 8.89. The fourth-order valence-corrected chi connectivity index (χ4v) is 3.28. The highest BCUT2D eigenvalue weighted by molar-refractivity contribution is 5.91. The summed E-state index contributed by atoms with van der Waals surface area (Å²) in [6.07, 6.45) is 4.40. The second-order valence-electron chi connectivity index (χ2n) is 7.17. The highest BCUT2D eigenvalue weighted by atomic mass is 16.6. The van der Waals surface area contributed by atoms with E-state index in [1.165, 1.54) is 0 Å². The molecule has 0 spiro atoms. The van der Waals surface area contributed by atoms with Crippen molar-refractivity contribution in [1.29, 1.82) is 0 Å². The Morgan fingerprint density at radius 3 is 2.85 bits per heavy atom. The van der Waals surface area contributed by atoms with Gasteiger partial charge in [-0.2, -0.15) is 0 Å². The molecule has 0 unspecified atom stereocenters. The molecule has 0 amide bonds. The van der Waals surface area contributed by atoms with E-state index in [1.807, 2.05) is 13.8 Å². The smallest absolute Gasteiger partial charge is 0.334 e. The lowest BCUT2D eigenvalue weighted by atomic mass is 9.85. The molecule has 0 saturated carbocycles. The topological polar surface area (TPSA) is 89.9 Å². The quantitative estimate of drug-likeness (QED) is 0.349. The molecule has 1 aliphatic carbocycles. The number of carbonyl (C=O) groups is 3. The van der Waals surface area contributed by atoms with Gasteiger partial charge in [0, 0.05) is 18.4 Å². The van der Waals surface area contributed by atoms with Gasteiger partial charge in [-0.15, -0.1) is 0 Å². The number of allylic oxidation sites excluding steroid dienone is 1. The van der Waals surface area contributed by atoms with Gasteiger partial charge in [-0.1, -0.05) is 26.5 Å². The molecule has 0 aromatic rings. The van der Waals surface area contributed by atoms with E-state index in [1.54, 1.807) is 12.2 Å². The van der Waals surface area contributed by atoms with Crippen LogP contribution in [0.3, 0.4) is 0 Å². The normalized spacial score (nSPS) is 30.5. The van der Waals surface area contributed by atoms with Crippen LogP contribution in [0.1, 0.15) is 39.5 Å². The highest BCUT2D eigenvalue weighted by Crippen LogP contribution is 2.36. The summed E-state index contributed by atoms with van der Waals surface area (Å²) >= 11 is 0. The summed E-state index contributed by atoms with van der Waals surface area (Å²) in [5.74, 6) is -1.38. The van der Waals surface area contributed by atoms with E-state index in [-0.39, 0.29) is 36.9 Å². The Morgan fingerprint density at radius 1 is 1.50 bits per heavy atom. The number of aliphatic hydroxyl groups is 1. The van der Waals surface area contributed by atoms with Crippen LogP contribution in [-0.2, 0) is 23.9 Å². The van der Waals surface area contributed by atoms with E-state index >= 15 is 0 Å². The van der Waals surface area contributed by atoms with Gasteiger partial charge < -0.3 is 14.6 Å². The third-order valence-electron chi connectivity index (χ3n) is 4.58. The summed E-state index contributed by atoms with van der Waals surface area (Å²) in [5, 5.41) is 9.55. The molecule has 6 heteroatoms. The van der Waals surface area contributed by atoms with Gasteiger partial charge in [0.1, 0.15) is 18.5 Å². The average Bonchev–Trinajstić information content (AvgIpc) is 2.85. The van der Waals surface area contributed by atoms with E-state index < -0.39 is 24.1 Å². The van der Waals surface area contributed by atoms with Gasteiger partial charge in [-0.3, -0.25) is 9.59 Å². The van der Waals surface area contributed by atoms with Crippen molar-refractivity contribution in [3.63, 3.8) is 0 Å². The SMILES string of the molecule is C=C1C(=O)O[C@@H]2/C=C(\CO)CC/C=C(/C=O)C[C@@H](OC(=O)CC(C)C)[C@@H]12. The molecule has 0 bridgehead atoms. The standard InChI is InChI=1S/C20H26O6/c1-12(2)7-18(23)25-16-8-14(10-21)5-4-6-15(11-22)9-17-19(16)13(3)20(24)26-17/h5,9-10,12,16-17,19,22H,3-4,6-8,11H2,1-2H3/b14-5+,15-9-/t16-,17-,19-/m1/s1. The third kappa shape index (κ3) is 4.91. The minimum atomic E-state index is -0.726. The van der Waals surface area contributed by atoms with Gasteiger partial charge in [0.25, 0.3) is 0 Å². The fourth-order valence-electron chi connectivity index (χ4n) is 3.28. The zero-order valence-electron chi connectivity index (χ0n) is 15.3.